The summed E-state index contributed by atoms with van der Waals surface area (Å²) in [6.45, 7) is 10.2. The molecule has 1 unspecified atom stereocenters. The molecule has 1 aromatic carbocycles. The lowest BCUT2D eigenvalue weighted by Crippen LogP contribution is -2.33. The van der Waals surface area contributed by atoms with Crippen LogP contribution in [0.5, 0.6) is 0 Å². The van der Waals surface area contributed by atoms with Gasteiger partial charge in [0.25, 0.3) is 0 Å². The number of nitrogens with one attached hydrogen (secondary N) is 1. The van der Waals surface area contributed by atoms with Gasteiger partial charge in [-0.25, -0.2) is 4.79 Å². The first-order valence-electron chi connectivity index (χ1n) is 8.68. The summed E-state index contributed by atoms with van der Waals surface area (Å²) in [5.41, 5.74) is 2.87. The molecule has 1 atom stereocenters. The van der Waals surface area contributed by atoms with Crippen LogP contribution in [0.3, 0.4) is 0 Å². The molecule has 26 heavy (non-hydrogen) atoms. The molecular weight excluding hydrogens is 348 g/mol. The molecule has 0 spiro atoms. The number of benzene rings is 1. The molecular formula is C21H25ClN2O2. The van der Waals surface area contributed by atoms with Crippen LogP contribution in [0.25, 0.3) is 0 Å². The molecule has 5 heteroatoms. The van der Waals surface area contributed by atoms with Crippen LogP contribution in [0, 0.1) is 22.7 Å². The molecule has 1 aliphatic rings. The van der Waals surface area contributed by atoms with Crippen molar-refractivity contribution >= 4 is 17.6 Å². The number of carboxylic acids is 1. The minimum absolute atomic E-state index is 0.00823. The van der Waals surface area contributed by atoms with Crippen molar-refractivity contribution in [2.45, 2.75) is 47.0 Å². The molecule has 1 heterocycles. The normalized spacial score (nSPS) is 18.0. The average Bonchev–Trinajstić information content (AvgIpc) is 2.52. The highest BCUT2D eigenvalue weighted by atomic mass is 35.5. The second kappa shape index (κ2) is 7.55. The van der Waals surface area contributed by atoms with Crippen molar-refractivity contribution in [2.75, 3.05) is 0 Å². The van der Waals surface area contributed by atoms with E-state index >= 15 is 0 Å². The van der Waals surface area contributed by atoms with Gasteiger partial charge in [-0.2, -0.15) is 5.26 Å². The fourth-order valence-corrected chi connectivity index (χ4v) is 3.38. The number of rotatable bonds is 4. The third kappa shape index (κ3) is 4.28. The summed E-state index contributed by atoms with van der Waals surface area (Å²) in [4.78, 5) is 12.1. The second-order valence-corrected chi connectivity index (χ2v) is 8.57. The third-order valence-electron chi connectivity index (χ3n) is 4.32. The summed E-state index contributed by atoms with van der Waals surface area (Å²) in [5.74, 6) is -1.62. The zero-order chi connectivity index (χ0) is 19.6. The quantitative estimate of drug-likeness (QED) is 0.758. The molecule has 0 amide bonds. The molecule has 0 fully saturated rings. The first-order chi connectivity index (χ1) is 12.0. The molecule has 0 aromatic heterocycles. The van der Waals surface area contributed by atoms with Gasteiger partial charge in [0.05, 0.1) is 23.1 Å². The number of hydrogen-bond donors (Lipinski definition) is 2. The third-order valence-corrected chi connectivity index (χ3v) is 4.57. The molecule has 0 aliphatic carbocycles. The fraction of sp³-hybridized carbons (Fsp3) is 0.429. The number of dihydropyridines is 1. The Labute approximate surface area is 160 Å². The molecule has 0 saturated carbocycles. The van der Waals surface area contributed by atoms with Crippen molar-refractivity contribution in [2.24, 2.45) is 11.3 Å². The van der Waals surface area contributed by atoms with E-state index in [0.29, 0.717) is 22.7 Å². The highest BCUT2D eigenvalue weighted by Gasteiger charge is 2.37. The van der Waals surface area contributed by atoms with E-state index in [1.54, 1.807) is 24.3 Å². The molecule has 138 valence electrons. The highest BCUT2D eigenvalue weighted by molar-refractivity contribution is 6.30. The van der Waals surface area contributed by atoms with Crippen molar-refractivity contribution in [3.63, 3.8) is 0 Å². The summed E-state index contributed by atoms with van der Waals surface area (Å²) in [5, 5.41) is 23.7. The van der Waals surface area contributed by atoms with Gasteiger partial charge in [0.15, 0.2) is 0 Å². The molecule has 4 nitrogen and oxygen atoms in total. The standard InChI is InChI=1S/C21H25ClN2O2/c1-12(2)19-18(20(25)26)17(13-6-8-14(22)9-7-13)15(11-23)16(24-19)10-21(3,4)5/h6-9,12,17,24H,10H2,1-5H3,(H,25,26). The topological polar surface area (TPSA) is 73.1 Å². The summed E-state index contributed by atoms with van der Waals surface area (Å²) >= 11 is 6.00. The largest absolute Gasteiger partial charge is 0.478 e. The van der Waals surface area contributed by atoms with Crippen molar-refractivity contribution in [1.82, 2.24) is 5.32 Å². The number of allylic oxidation sites excluding steroid dienone is 3. The van der Waals surface area contributed by atoms with E-state index in [0.717, 1.165) is 11.3 Å². The monoisotopic (exact) mass is 372 g/mol. The van der Waals surface area contributed by atoms with Crippen molar-refractivity contribution in [3.8, 4) is 6.07 Å². The summed E-state index contributed by atoms with van der Waals surface area (Å²) in [6.07, 6.45) is 0.656. The van der Waals surface area contributed by atoms with Crippen LogP contribution in [0.4, 0.5) is 0 Å². The number of hydrogen-bond acceptors (Lipinski definition) is 3. The Morgan fingerprint density at radius 2 is 1.88 bits per heavy atom. The molecule has 0 saturated heterocycles. The van der Waals surface area contributed by atoms with Crippen molar-refractivity contribution in [1.29, 1.82) is 5.26 Å². The van der Waals surface area contributed by atoms with Crippen LogP contribution in [0.1, 0.15) is 52.5 Å². The van der Waals surface area contributed by atoms with Crippen LogP contribution in [-0.2, 0) is 4.79 Å². The minimum atomic E-state index is -1.01. The zero-order valence-electron chi connectivity index (χ0n) is 15.9. The number of nitrogens with zero attached hydrogens (tertiary/aromatic N) is 1. The van der Waals surface area contributed by atoms with Crippen LogP contribution in [0.2, 0.25) is 5.02 Å². The van der Waals surface area contributed by atoms with E-state index in [9.17, 15) is 15.2 Å². The van der Waals surface area contributed by atoms with Gasteiger partial charge in [0.1, 0.15) is 0 Å². The average molecular weight is 373 g/mol. The van der Waals surface area contributed by atoms with E-state index in [4.69, 9.17) is 11.6 Å². The zero-order valence-corrected chi connectivity index (χ0v) is 16.6. The highest BCUT2D eigenvalue weighted by Crippen LogP contribution is 2.42. The number of halogens is 1. The van der Waals surface area contributed by atoms with Crippen LogP contribution >= 0.6 is 11.6 Å². The Morgan fingerprint density at radius 1 is 1.31 bits per heavy atom. The van der Waals surface area contributed by atoms with Gasteiger partial charge in [-0.05, 0) is 35.4 Å². The van der Waals surface area contributed by atoms with Gasteiger partial charge in [0.2, 0.25) is 0 Å². The van der Waals surface area contributed by atoms with Crippen molar-refractivity contribution in [3.05, 3.63) is 57.4 Å². The molecule has 0 bridgehead atoms. The van der Waals surface area contributed by atoms with Crippen molar-refractivity contribution < 1.29 is 9.90 Å². The molecule has 2 N–H and O–H groups in total. The predicted molar refractivity (Wildman–Crippen MR) is 104 cm³/mol. The summed E-state index contributed by atoms with van der Waals surface area (Å²) in [6, 6.07) is 9.32. The second-order valence-electron chi connectivity index (χ2n) is 8.14. The first-order valence-corrected chi connectivity index (χ1v) is 9.06. The first kappa shape index (κ1) is 20.1. The van der Waals surface area contributed by atoms with Crippen LogP contribution < -0.4 is 5.32 Å². The maximum atomic E-state index is 12.1. The number of carboxylic acid groups (broad SMARTS) is 1. The van der Waals surface area contributed by atoms with Crippen LogP contribution in [0.15, 0.2) is 46.8 Å². The Bertz CT molecular complexity index is 806. The Kier molecular flexibility index (Phi) is 5.83. The lowest BCUT2D eigenvalue weighted by molar-refractivity contribution is -0.133. The minimum Gasteiger partial charge on any atom is -0.478 e. The van der Waals surface area contributed by atoms with E-state index in [-0.39, 0.29) is 16.9 Å². The Morgan fingerprint density at radius 3 is 2.31 bits per heavy atom. The van der Waals surface area contributed by atoms with Gasteiger partial charge in [-0.1, -0.05) is 58.4 Å². The Balaban J connectivity index is 2.74. The predicted octanol–water partition coefficient (Wildman–Crippen LogP) is 5.24. The molecule has 1 aliphatic heterocycles. The SMILES string of the molecule is CC(C)C1=C(C(=O)O)C(c2ccc(Cl)cc2)C(C#N)=C(CC(C)(C)C)N1. The van der Waals surface area contributed by atoms with E-state index in [1.165, 1.54) is 0 Å². The number of aliphatic carboxylic acids is 1. The summed E-state index contributed by atoms with van der Waals surface area (Å²) in [7, 11) is 0. The van der Waals surface area contributed by atoms with E-state index in [2.05, 4.69) is 32.2 Å². The molecule has 0 radical (unpaired) electrons. The van der Waals surface area contributed by atoms with Gasteiger partial charge in [-0.15, -0.1) is 0 Å². The number of carbonyl (C=O) groups is 1. The molecule has 1 aromatic rings. The maximum Gasteiger partial charge on any atom is 0.334 e. The van der Waals surface area contributed by atoms with Gasteiger partial charge in [0, 0.05) is 16.4 Å². The van der Waals surface area contributed by atoms with E-state index < -0.39 is 11.9 Å². The van der Waals surface area contributed by atoms with Gasteiger partial charge >= 0.3 is 5.97 Å². The fourth-order valence-electron chi connectivity index (χ4n) is 3.26. The van der Waals surface area contributed by atoms with Gasteiger partial charge < -0.3 is 10.4 Å². The summed E-state index contributed by atoms with van der Waals surface area (Å²) < 4.78 is 0. The smallest absolute Gasteiger partial charge is 0.334 e. The van der Waals surface area contributed by atoms with E-state index in [1.807, 2.05) is 13.8 Å². The Hall–Kier alpha value is -2.25. The number of nitriles is 1. The van der Waals surface area contributed by atoms with Gasteiger partial charge in [-0.3, -0.25) is 0 Å². The molecule has 2 rings (SSSR count). The maximum absolute atomic E-state index is 12.1. The lowest BCUT2D eigenvalue weighted by Gasteiger charge is -2.34. The lowest BCUT2D eigenvalue weighted by atomic mass is 9.76. The van der Waals surface area contributed by atoms with Crippen LogP contribution in [-0.4, -0.2) is 11.1 Å².